The van der Waals surface area contributed by atoms with E-state index in [1.807, 2.05) is 0 Å². The summed E-state index contributed by atoms with van der Waals surface area (Å²) in [7, 11) is 0. The van der Waals surface area contributed by atoms with Crippen molar-refractivity contribution in [2.75, 3.05) is 0 Å². The van der Waals surface area contributed by atoms with Crippen molar-refractivity contribution in [1.29, 1.82) is 0 Å². The maximum absolute atomic E-state index is 12.0. The molecule has 2 heterocycles. The van der Waals surface area contributed by atoms with Gasteiger partial charge in [-0.3, -0.25) is 9.36 Å². The molecule has 0 amide bonds. The fourth-order valence-electron chi connectivity index (χ4n) is 1.53. The third-order valence-corrected chi connectivity index (χ3v) is 2.20. The van der Waals surface area contributed by atoms with E-state index in [2.05, 4.69) is 24.0 Å². The van der Waals surface area contributed by atoms with Crippen molar-refractivity contribution < 1.29 is 4.52 Å². The van der Waals surface area contributed by atoms with Crippen LogP contribution in [0.1, 0.15) is 19.5 Å². The summed E-state index contributed by atoms with van der Waals surface area (Å²) < 4.78 is 6.51. The normalized spacial score (nSPS) is 11.5. The van der Waals surface area contributed by atoms with Crippen molar-refractivity contribution in [1.82, 2.24) is 14.7 Å². The van der Waals surface area contributed by atoms with Crippen LogP contribution in [0.3, 0.4) is 0 Å². The highest BCUT2D eigenvalue weighted by Crippen LogP contribution is 2.10. The molecular formula is C10H13N3O2. The quantitative estimate of drug-likeness (QED) is 0.745. The molecule has 5 heteroatoms. The number of aryl methyl sites for hydroxylation is 1. The van der Waals surface area contributed by atoms with Gasteiger partial charge in [0.2, 0.25) is 0 Å². The van der Waals surface area contributed by atoms with Gasteiger partial charge >= 0.3 is 0 Å². The Hall–Kier alpha value is -1.65. The lowest BCUT2D eigenvalue weighted by atomic mass is 10.2. The summed E-state index contributed by atoms with van der Waals surface area (Å²) in [6.45, 7) is 6.51. The van der Waals surface area contributed by atoms with Crippen LogP contribution in [-0.4, -0.2) is 14.7 Å². The average Bonchev–Trinajstić information content (AvgIpc) is 2.53. The zero-order valence-corrected chi connectivity index (χ0v) is 9.02. The van der Waals surface area contributed by atoms with E-state index in [9.17, 15) is 4.79 Å². The van der Waals surface area contributed by atoms with Gasteiger partial charge < -0.3 is 4.52 Å². The van der Waals surface area contributed by atoms with Crippen molar-refractivity contribution >= 4 is 11.1 Å². The summed E-state index contributed by atoms with van der Waals surface area (Å²) in [5, 5.41) is 4.21. The number of hydrogen-bond donors (Lipinski definition) is 0. The molecule has 0 saturated heterocycles. The van der Waals surface area contributed by atoms with E-state index < -0.39 is 0 Å². The standard InChI is InChI=1S/C10H13N3O2/c1-6(2)4-13-5-11-9-8(10(13)14)7(3)12-15-9/h5-6H,4H2,1-3H3. The predicted molar refractivity (Wildman–Crippen MR) is 55.6 cm³/mol. The lowest BCUT2D eigenvalue weighted by molar-refractivity contribution is 0.440. The van der Waals surface area contributed by atoms with Gasteiger partial charge in [0.05, 0.1) is 5.69 Å². The van der Waals surface area contributed by atoms with Crippen LogP contribution in [0, 0.1) is 12.8 Å². The number of fused-ring (bicyclic) bond motifs is 1. The number of hydrogen-bond acceptors (Lipinski definition) is 4. The van der Waals surface area contributed by atoms with E-state index in [0.29, 0.717) is 29.3 Å². The van der Waals surface area contributed by atoms with E-state index in [0.717, 1.165) is 0 Å². The van der Waals surface area contributed by atoms with E-state index in [-0.39, 0.29) is 5.56 Å². The molecule has 0 fully saturated rings. The molecule has 0 aliphatic carbocycles. The van der Waals surface area contributed by atoms with Crippen LogP contribution >= 0.6 is 0 Å². The molecule has 0 aliphatic heterocycles. The average molecular weight is 207 g/mol. The molecule has 80 valence electrons. The Morgan fingerprint density at radius 2 is 2.27 bits per heavy atom. The fourth-order valence-corrected chi connectivity index (χ4v) is 1.53. The Morgan fingerprint density at radius 1 is 1.53 bits per heavy atom. The summed E-state index contributed by atoms with van der Waals surface area (Å²) in [6, 6.07) is 0. The number of rotatable bonds is 2. The molecule has 15 heavy (non-hydrogen) atoms. The van der Waals surface area contributed by atoms with Gasteiger partial charge in [-0.05, 0) is 12.8 Å². The first-order valence-corrected chi connectivity index (χ1v) is 4.91. The minimum Gasteiger partial charge on any atom is -0.335 e. The molecule has 2 aromatic heterocycles. The molecule has 2 rings (SSSR count). The van der Waals surface area contributed by atoms with Gasteiger partial charge in [-0.2, -0.15) is 0 Å². The number of aromatic nitrogens is 3. The van der Waals surface area contributed by atoms with Crippen molar-refractivity contribution in [2.45, 2.75) is 27.3 Å². The summed E-state index contributed by atoms with van der Waals surface area (Å²) in [5.41, 5.74) is 0.838. The van der Waals surface area contributed by atoms with Crippen LogP contribution in [0.2, 0.25) is 0 Å². The molecule has 0 saturated carbocycles. The lowest BCUT2D eigenvalue weighted by Crippen LogP contribution is -2.22. The van der Waals surface area contributed by atoms with Crippen LogP contribution < -0.4 is 5.56 Å². The zero-order valence-electron chi connectivity index (χ0n) is 9.02. The molecule has 0 aromatic carbocycles. The van der Waals surface area contributed by atoms with E-state index in [4.69, 9.17) is 4.52 Å². The third-order valence-electron chi connectivity index (χ3n) is 2.20. The highest BCUT2D eigenvalue weighted by molar-refractivity contribution is 5.73. The van der Waals surface area contributed by atoms with Gasteiger partial charge in [0.25, 0.3) is 11.3 Å². The molecule has 0 N–H and O–H groups in total. The predicted octanol–water partition coefficient (Wildman–Crippen LogP) is 1.35. The minimum absolute atomic E-state index is 0.0764. The topological polar surface area (TPSA) is 60.9 Å². The molecule has 0 atom stereocenters. The maximum Gasteiger partial charge on any atom is 0.266 e. The number of nitrogens with zero attached hydrogens (tertiary/aromatic N) is 3. The van der Waals surface area contributed by atoms with Gasteiger partial charge in [0.1, 0.15) is 11.7 Å². The highest BCUT2D eigenvalue weighted by Gasteiger charge is 2.12. The molecule has 0 spiro atoms. The maximum atomic E-state index is 12.0. The van der Waals surface area contributed by atoms with Crippen LogP contribution in [-0.2, 0) is 6.54 Å². The van der Waals surface area contributed by atoms with Crippen molar-refractivity contribution in [3.05, 3.63) is 22.4 Å². The Morgan fingerprint density at radius 3 is 2.93 bits per heavy atom. The van der Waals surface area contributed by atoms with E-state index >= 15 is 0 Å². The largest absolute Gasteiger partial charge is 0.335 e. The van der Waals surface area contributed by atoms with Gasteiger partial charge in [0, 0.05) is 6.54 Å². The van der Waals surface area contributed by atoms with Crippen LogP contribution in [0.4, 0.5) is 0 Å². The molecule has 0 unspecified atom stereocenters. The summed E-state index contributed by atoms with van der Waals surface area (Å²) in [6.07, 6.45) is 1.51. The highest BCUT2D eigenvalue weighted by atomic mass is 16.5. The van der Waals surface area contributed by atoms with Gasteiger partial charge in [-0.25, -0.2) is 4.98 Å². The molecule has 0 aliphatic rings. The third kappa shape index (κ3) is 1.65. The first kappa shape index (κ1) is 9.89. The Kier molecular flexibility index (Phi) is 2.30. The van der Waals surface area contributed by atoms with E-state index in [1.54, 1.807) is 11.5 Å². The lowest BCUT2D eigenvalue weighted by Gasteiger charge is -2.06. The Bertz CT molecular complexity index is 539. The minimum atomic E-state index is -0.0764. The van der Waals surface area contributed by atoms with Crippen molar-refractivity contribution in [3.63, 3.8) is 0 Å². The molecule has 5 nitrogen and oxygen atoms in total. The molecule has 2 aromatic rings. The molecule has 0 radical (unpaired) electrons. The van der Waals surface area contributed by atoms with Gasteiger partial charge in [-0.15, -0.1) is 0 Å². The van der Waals surface area contributed by atoms with Gasteiger partial charge in [-0.1, -0.05) is 19.0 Å². The Balaban J connectivity index is 2.64. The van der Waals surface area contributed by atoms with Crippen LogP contribution in [0.5, 0.6) is 0 Å². The summed E-state index contributed by atoms with van der Waals surface area (Å²) in [4.78, 5) is 16.0. The second-order valence-electron chi connectivity index (χ2n) is 4.04. The first-order valence-electron chi connectivity index (χ1n) is 4.91. The van der Waals surface area contributed by atoms with Crippen LogP contribution in [0.25, 0.3) is 11.1 Å². The fraction of sp³-hybridized carbons (Fsp3) is 0.500. The smallest absolute Gasteiger partial charge is 0.266 e. The molecular weight excluding hydrogens is 194 g/mol. The van der Waals surface area contributed by atoms with E-state index in [1.165, 1.54) is 6.33 Å². The molecule has 0 bridgehead atoms. The van der Waals surface area contributed by atoms with Crippen molar-refractivity contribution in [3.8, 4) is 0 Å². The van der Waals surface area contributed by atoms with Gasteiger partial charge in [0.15, 0.2) is 0 Å². The van der Waals surface area contributed by atoms with Crippen LogP contribution in [0.15, 0.2) is 15.6 Å². The second kappa shape index (κ2) is 3.49. The first-order chi connectivity index (χ1) is 7.09. The monoisotopic (exact) mass is 207 g/mol. The second-order valence-corrected chi connectivity index (χ2v) is 4.04. The summed E-state index contributed by atoms with van der Waals surface area (Å²) >= 11 is 0. The van der Waals surface area contributed by atoms with Crippen molar-refractivity contribution in [2.24, 2.45) is 5.92 Å². The summed E-state index contributed by atoms with van der Waals surface area (Å²) in [5.74, 6) is 0.405. The SMILES string of the molecule is Cc1noc2ncn(CC(C)C)c(=O)c12. The Labute approximate surface area is 86.7 Å². The zero-order chi connectivity index (χ0) is 11.0.